The second-order valence-electron chi connectivity index (χ2n) is 8.40. The highest BCUT2D eigenvalue weighted by Gasteiger charge is 2.34. The largest absolute Gasteiger partial charge is 0.476 e. The lowest BCUT2D eigenvalue weighted by atomic mass is 9.92. The van der Waals surface area contributed by atoms with Gasteiger partial charge in [-0.3, -0.25) is 0 Å². The number of alkyl halides is 3. The Labute approximate surface area is 168 Å². The van der Waals surface area contributed by atoms with Crippen molar-refractivity contribution in [3.05, 3.63) is 35.4 Å². The van der Waals surface area contributed by atoms with E-state index in [1.54, 1.807) is 0 Å². The van der Waals surface area contributed by atoms with Crippen molar-refractivity contribution in [2.75, 3.05) is 24.6 Å². The van der Waals surface area contributed by atoms with Crippen molar-refractivity contribution in [2.24, 2.45) is 5.92 Å². The summed E-state index contributed by atoms with van der Waals surface area (Å²) in [6.45, 7) is 9.44. The average Bonchev–Trinajstić information content (AvgIpc) is 2.65. The molecule has 9 heteroatoms. The predicted molar refractivity (Wildman–Crippen MR) is 103 cm³/mol. The zero-order valence-electron chi connectivity index (χ0n) is 17.1. The highest BCUT2D eigenvalue weighted by molar-refractivity contribution is 5.41. The molecule has 0 bridgehead atoms. The monoisotopic (exact) mass is 409 g/mol. The lowest BCUT2D eigenvalue weighted by molar-refractivity contribution is -0.141. The summed E-state index contributed by atoms with van der Waals surface area (Å²) < 4.78 is 44.7. The van der Waals surface area contributed by atoms with Crippen molar-refractivity contribution in [1.82, 2.24) is 20.2 Å². The number of hydrogen-bond acceptors (Lipinski definition) is 6. The van der Waals surface area contributed by atoms with Crippen LogP contribution in [0.15, 0.2) is 18.2 Å². The number of piperidine rings is 1. The Hall–Kier alpha value is -2.45. The Morgan fingerprint density at radius 2 is 1.72 bits per heavy atom. The van der Waals surface area contributed by atoms with Gasteiger partial charge in [-0.15, -0.1) is 5.10 Å². The molecular formula is C20H26F3N5O. The Bertz CT molecular complexity index is 825. The fourth-order valence-corrected chi connectivity index (χ4v) is 3.19. The zero-order valence-corrected chi connectivity index (χ0v) is 17.1. The minimum atomic E-state index is -4.47. The van der Waals surface area contributed by atoms with Gasteiger partial charge in [0.15, 0.2) is 0 Å². The molecule has 0 atom stereocenters. The molecule has 158 valence electrons. The molecule has 0 unspecified atom stereocenters. The van der Waals surface area contributed by atoms with Crippen LogP contribution in [0.1, 0.15) is 50.8 Å². The Balaban J connectivity index is 1.54. The third kappa shape index (κ3) is 5.55. The van der Waals surface area contributed by atoms with Gasteiger partial charge in [-0.1, -0.05) is 20.8 Å². The number of hydrogen-bond donors (Lipinski definition) is 0. The molecule has 29 heavy (non-hydrogen) atoms. The molecule has 0 spiro atoms. The van der Waals surface area contributed by atoms with Crippen LogP contribution in [-0.4, -0.2) is 39.9 Å². The number of aryl methyl sites for hydroxylation is 1. The van der Waals surface area contributed by atoms with Crippen LogP contribution in [0.3, 0.4) is 0 Å². The number of ether oxygens (including phenoxy) is 1. The lowest BCUT2D eigenvalue weighted by Crippen LogP contribution is -2.36. The first-order chi connectivity index (χ1) is 13.5. The maximum Gasteiger partial charge on any atom is 0.433 e. The van der Waals surface area contributed by atoms with Crippen molar-refractivity contribution >= 4 is 5.82 Å². The first-order valence-corrected chi connectivity index (χ1v) is 9.67. The van der Waals surface area contributed by atoms with Gasteiger partial charge >= 0.3 is 6.18 Å². The van der Waals surface area contributed by atoms with Crippen molar-refractivity contribution in [2.45, 2.75) is 52.1 Å². The van der Waals surface area contributed by atoms with Crippen LogP contribution in [-0.2, 0) is 11.6 Å². The topological polar surface area (TPSA) is 64.0 Å². The van der Waals surface area contributed by atoms with Crippen LogP contribution in [0.25, 0.3) is 0 Å². The first-order valence-electron chi connectivity index (χ1n) is 9.67. The summed E-state index contributed by atoms with van der Waals surface area (Å²) in [5, 5.41) is 8.34. The van der Waals surface area contributed by atoms with E-state index in [1.165, 1.54) is 6.92 Å². The van der Waals surface area contributed by atoms with Crippen LogP contribution < -0.4 is 9.64 Å². The Morgan fingerprint density at radius 1 is 1.03 bits per heavy atom. The summed E-state index contributed by atoms with van der Waals surface area (Å²) in [5.41, 5.74) is -0.0665. The lowest BCUT2D eigenvalue weighted by Gasteiger charge is -2.32. The van der Waals surface area contributed by atoms with Crippen molar-refractivity contribution in [1.29, 1.82) is 0 Å². The molecule has 1 aliphatic rings. The molecule has 2 aromatic heterocycles. The third-order valence-corrected chi connectivity index (χ3v) is 4.93. The van der Waals surface area contributed by atoms with Crippen LogP contribution in [0.5, 0.6) is 5.88 Å². The molecular weight excluding hydrogens is 383 g/mol. The van der Waals surface area contributed by atoms with Crippen molar-refractivity contribution in [3.8, 4) is 5.88 Å². The van der Waals surface area contributed by atoms with Gasteiger partial charge in [0.25, 0.3) is 0 Å². The molecule has 2 aromatic rings. The standard InChI is InChI=1S/C20H26F3N5O/c1-13-24-16(20(21,22)23)11-17(25-13)28-9-7-14(8-10-28)12-29-18-6-5-15(26-27-18)19(2,3)4/h5-6,11,14H,7-10,12H2,1-4H3. The van der Waals surface area contributed by atoms with Gasteiger partial charge in [-0.05, 0) is 31.7 Å². The molecule has 0 radical (unpaired) electrons. The number of anilines is 1. The van der Waals surface area contributed by atoms with E-state index in [1.807, 2.05) is 17.0 Å². The maximum absolute atomic E-state index is 13.0. The highest BCUT2D eigenvalue weighted by Crippen LogP contribution is 2.31. The van der Waals surface area contributed by atoms with E-state index in [0.717, 1.165) is 24.6 Å². The molecule has 6 nitrogen and oxygen atoms in total. The smallest absolute Gasteiger partial charge is 0.433 e. The van der Waals surface area contributed by atoms with Gasteiger partial charge in [0.1, 0.15) is 17.3 Å². The van der Waals surface area contributed by atoms with Crippen LogP contribution in [0, 0.1) is 12.8 Å². The molecule has 0 saturated carbocycles. The van der Waals surface area contributed by atoms with E-state index < -0.39 is 11.9 Å². The van der Waals surface area contributed by atoms with Gasteiger partial charge < -0.3 is 9.64 Å². The van der Waals surface area contributed by atoms with Crippen LogP contribution in [0.4, 0.5) is 19.0 Å². The third-order valence-electron chi connectivity index (χ3n) is 4.93. The van der Waals surface area contributed by atoms with E-state index in [0.29, 0.717) is 37.3 Å². The normalized spacial score (nSPS) is 16.2. The summed E-state index contributed by atoms with van der Waals surface area (Å²) in [7, 11) is 0. The molecule has 1 saturated heterocycles. The van der Waals surface area contributed by atoms with E-state index in [-0.39, 0.29) is 11.2 Å². The van der Waals surface area contributed by atoms with E-state index >= 15 is 0 Å². The van der Waals surface area contributed by atoms with Gasteiger partial charge in [0.2, 0.25) is 5.88 Å². The molecule has 0 aromatic carbocycles. The minimum Gasteiger partial charge on any atom is -0.476 e. The maximum atomic E-state index is 13.0. The molecule has 0 amide bonds. The summed E-state index contributed by atoms with van der Waals surface area (Å²) >= 11 is 0. The molecule has 3 heterocycles. The average molecular weight is 409 g/mol. The molecule has 0 N–H and O–H groups in total. The first kappa shape index (κ1) is 21.3. The number of nitrogens with zero attached hydrogens (tertiary/aromatic N) is 5. The Kier molecular flexibility index (Phi) is 5.95. The van der Waals surface area contributed by atoms with E-state index in [2.05, 4.69) is 40.9 Å². The predicted octanol–water partition coefficient (Wildman–Crippen LogP) is 4.19. The zero-order chi connectivity index (χ0) is 21.2. The fraction of sp³-hybridized carbons (Fsp3) is 0.600. The minimum absolute atomic E-state index is 0.0658. The SMILES string of the molecule is Cc1nc(N2CCC(COc3ccc(C(C)(C)C)nn3)CC2)cc(C(F)(F)F)n1. The summed E-state index contributed by atoms with van der Waals surface area (Å²) in [6.07, 6.45) is -2.87. The Morgan fingerprint density at radius 3 is 2.28 bits per heavy atom. The molecule has 1 fully saturated rings. The van der Waals surface area contributed by atoms with Crippen molar-refractivity contribution in [3.63, 3.8) is 0 Å². The van der Waals surface area contributed by atoms with Gasteiger partial charge in [0, 0.05) is 30.6 Å². The highest BCUT2D eigenvalue weighted by atomic mass is 19.4. The number of rotatable bonds is 4. The second-order valence-corrected chi connectivity index (χ2v) is 8.40. The molecule has 3 rings (SSSR count). The summed E-state index contributed by atoms with van der Waals surface area (Å²) in [6, 6.07) is 4.77. The molecule has 1 aliphatic heterocycles. The van der Waals surface area contributed by atoms with Crippen molar-refractivity contribution < 1.29 is 17.9 Å². The van der Waals surface area contributed by atoms with Gasteiger partial charge in [0.05, 0.1) is 12.3 Å². The summed E-state index contributed by atoms with van der Waals surface area (Å²) in [4.78, 5) is 9.56. The number of halogens is 3. The molecule has 0 aliphatic carbocycles. The van der Waals surface area contributed by atoms with Gasteiger partial charge in [-0.25, -0.2) is 9.97 Å². The number of aromatic nitrogens is 4. The van der Waals surface area contributed by atoms with E-state index in [9.17, 15) is 13.2 Å². The van der Waals surface area contributed by atoms with Crippen LogP contribution in [0.2, 0.25) is 0 Å². The second kappa shape index (κ2) is 8.12. The van der Waals surface area contributed by atoms with Gasteiger partial charge in [-0.2, -0.15) is 18.3 Å². The van der Waals surface area contributed by atoms with Crippen LogP contribution >= 0.6 is 0 Å². The van der Waals surface area contributed by atoms with E-state index in [4.69, 9.17) is 4.74 Å². The summed E-state index contributed by atoms with van der Waals surface area (Å²) in [5.74, 6) is 1.24. The quantitative estimate of drug-likeness (QED) is 0.755. The fourth-order valence-electron chi connectivity index (χ4n) is 3.19.